The molecule has 0 atom stereocenters. The standard InChI is InChI=1S/C12H21I/c13-9-10-5-7-12(8-6-10)11-3-1-2-4-11/h10-12H,1-9H2. The van der Waals surface area contributed by atoms with Crippen molar-refractivity contribution in [1.82, 2.24) is 0 Å². The Morgan fingerprint density at radius 1 is 0.769 bits per heavy atom. The van der Waals surface area contributed by atoms with Crippen molar-refractivity contribution in [2.45, 2.75) is 51.4 Å². The van der Waals surface area contributed by atoms with Gasteiger partial charge < -0.3 is 0 Å². The molecule has 0 spiro atoms. The van der Waals surface area contributed by atoms with E-state index in [-0.39, 0.29) is 0 Å². The zero-order valence-corrected chi connectivity index (χ0v) is 10.6. The van der Waals surface area contributed by atoms with Crippen LogP contribution in [-0.4, -0.2) is 4.43 Å². The fourth-order valence-corrected chi connectivity index (χ4v) is 4.12. The zero-order chi connectivity index (χ0) is 9.10. The molecule has 0 aliphatic heterocycles. The van der Waals surface area contributed by atoms with E-state index in [1.54, 1.807) is 25.7 Å². The van der Waals surface area contributed by atoms with Crippen LogP contribution >= 0.6 is 22.6 Å². The highest BCUT2D eigenvalue weighted by atomic mass is 127. The molecule has 76 valence electrons. The van der Waals surface area contributed by atoms with Crippen LogP contribution in [0.5, 0.6) is 0 Å². The van der Waals surface area contributed by atoms with Crippen molar-refractivity contribution < 1.29 is 0 Å². The molecule has 2 aliphatic carbocycles. The minimum absolute atomic E-state index is 1.07. The average molecular weight is 292 g/mol. The summed E-state index contributed by atoms with van der Waals surface area (Å²) in [6, 6.07) is 0. The van der Waals surface area contributed by atoms with Crippen LogP contribution in [0.3, 0.4) is 0 Å². The molecule has 2 aliphatic rings. The van der Waals surface area contributed by atoms with Gasteiger partial charge in [0.1, 0.15) is 0 Å². The molecule has 0 aromatic heterocycles. The molecule has 0 N–H and O–H groups in total. The van der Waals surface area contributed by atoms with E-state index in [9.17, 15) is 0 Å². The van der Waals surface area contributed by atoms with Crippen LogP contribution in [-0.2, 0) is 0 Å². The van der Waals surface area contributed by atoms with Crippen molar-refractivity contribution in [3.63, 3.8) is 0 Å². The molecule has 1 heteroatoms. The lowest BCUT2D eigenvalue weighted by Gasteiger charge is -2.31. The van der Waals surface area contributed by atoms with Crippen molar-refractivity contribution in [3.8, 4) is 0 Å². The molecule has 0 aromatic rings. The fourth-order valence-electron chi connectivity index (χ4n) is 3.24. The second kappa shape index (κ2) is 4.99. The molecule has 0 aromatic carbocycles. The van der Waals surface area contributed by atoms with E-state index >= 15 is 0 Å². The molecule has 0 heterocycles. The van der Waals surface area contributed by atoms with Gasteiger partial charge in [0, 0.05) is 4.43 Å². The van der Waals surface area contributed by atoms with Gasteiger partial charge in [0.15, 0.2) is 0 Å². The van der Waals surface area contributed by atoms with Crippen LogP contribution < -0.4 is 0 Å². The third kappa shape index (κ3) is 2.60. The van der Waals surface area contributed by atoms with Gasteiger partial charge in [0.25, 0.3) is 0 Å². The molecule has 0 unspecified atom stereocenters. The number of hydrogen-bond acceptors (Lipinski definition) is 0. The van der Waals surface area contributed by atoms with Gasteiger partial charge in [-0.05, 0) is 43.4 Å². The van der Waals surface area contributed by atoms with Crippen LogP contribution in [0.15, 0.2) is 0 Å². The van der Waals surface area contributed by atoms with Crippen LogP contribution in [0.25, 0.3) is 0 Å². The predicted octanol–water partition coefficient (Wildman–Crippen LogP) is 4.42. The van der Waals surface area contributed by atoms with E-state index in [1.165, 1.54) is 30.1 Å². The maximum Gasteiger partial charge on any atom is 0.00237 e. The zero-order valence-electron chi connectivity index (χ0n) is 8.47. The molecule has 0 nitrogen and oxygen atoms in total. The minimum atomic E-state index is 1.07. The van der Waals surface area contributed by atoms with Crippen molar-refractivity contribution in [1.29, 1.82) is 0 Å². The highest BCUT2D eigenvalue weighted by Crippen LogP contribution is 2.40. The Morgan fingerprint density at radius 3 is 1.85 bits per heavy atom. The van der Waals surface area contributed by atoms with Crippen molar-refractivity contribution in [2.75, 3.05) is 4.43 Å². The molecule has 2 rings (SSSR count). The third-order valence-electron chi connectivity index (χ3n) is 4.18. The van der Waals surface area contributed by atoms with Crippen LogP contribution in [0.1, 0.15) is 51.4 Å². The number of rotatable bonds is 2. The van der Waals surface area contributed by atoms with Gasteiger partial charge in [-0.25, -0.2) is 0 Å². The summed E-state index contributed by atoms with van der Waals surface area (Å²) in [7, 11) is 0. The highest BCUT2D eigenvalue weighted by molar-refractivity contribution is 14.1. The summed E-state index contributed by atoms with van der Waals surface area (Å²) in [4.78, 5) is 0. The first kappa shape index (κ1) is 10.3. The number of halogens is 1. The van der Waals surface area contributed by atoms with Gasteiger partial charge in [-0.1, -0.05) is 48.3 Å². The molecule has 2 fully saturated rings. The largest absolute Gasteiger partial charge is 0.0861 e. The quantitative estimate of drug-likeness (QED) is 0.522. The van der Waals surface area contributed by atoms with Crippen LogP contribution in [0.2, 0.25) is 0 Å². The normalized spacial score (nSPS) is 36.7. The Labute approximate surface area is 96.0 Å². The second-order valence-corrected chi connectivity index (χ2v) is 5.86. The van der Waals surface area contributed by atoms with Gasteiger partial charge in [0.05, 0.1) is 0 Å². The first-order chi connectivity index (χ1) is 6.40. The molecule has 0 bridgehead atoms. The van der Waals surface area contributed by atoms with E-state index in [2.05, 4.69) is 22.6 Å². The summed E-state index contributed by atoms with van der Waals surface area (Å²) in [5, 5.41) is 0. The van der Waals surface area contributed by atoms with Gasteiger partial charge >= 0.3 is 0 Å². The summed E-state index contributed by atoms with van der Waals surface area (Å²) < 4.78 is 1.40. The van der Waals surface area contributed by atoms with E-state index in [4.69, 9.17) is 0 Å². The van der Waals surface area contributed by atoms with Crippen molar-refractivity contribution in [2.24, 2.45) is 17.8 Å². The third-order valence-corrected chi connectivity index (χ3v) is 5.42. The molecule has 0 saturated heterocycles. The van der Waals surface area contributed by atoms with Crippen molar-refractivity contribution in [3.05, 3.63) is 0 Å². The Kier molecular flexibility index (Phi) is 3.94. The first-order valence-electron chi connectivity index (χ1n) is 5.96. The van der Waals surface area contributed by atoms with Crippen LogP contribution in [0.4, 0.5) is 0 Å². The Hall–Kier alpha value is 0.730. The highest BCUT2D eigenvalue weighted by Gasteiger charge is 2.28. The maximum atomic E-state index is 2.56. The van der Waals surface area contributed by atoms with E-state index in [0.717, 1.165) is 17.8 Å². The lowest BCUT2D eigenvalue weighted by molar-refractivity contribution is 0.218. The Morgan fingerprint density at radius 2 is 1.31 bits per heavy atom. The topological polar surface area (TPSA) is 0 Å². The molecular formula is C12H21I. The fraction of sp³-hybridized carbons (Fsp3) is 1.00. The molecule has 2 saturated carbocycles. The van der Waals surface area contributed by atoms with Gasteiger partial charge in [-0.3, -0.25) is 0 Å². The summed E-state index contributed by atoms with van der Waals surface area (Å²) >= 11 is 2.56. The SMILES string of the molecule is ICC1CCC(C2CCCC2)CC1. The minimum Gasteiger partial charge on any atom is -0.0861 e. The lowest BCUT2D eigenvalue weighted by atomic mass is 9.76. The summed E-state index contributed by atoms with van der Waals surface area (Å²) in [6.07, 6.45) is 12.3. The Bertz CT molecular complexity index is 141. The van der Waals surface area contributed by atoms with Gasteiger partial charge in [-0.2, -0.15) is 0 Å². The monoisotopic (exact) mass is 292 g/mol. The molecule has 13 heavy (non-hydrogen) atoms. The average Bonchev–Trinajstić information content (AvgIpc) is 2.71. The van der Waals surface area contributed by atoms with Gasteiger partial charge in [-0.15, -0.1) is 0 Å². The maximum absolute atomic E-state index is 2.56. The first-order valence-corrected chi connectivity index (χ1v) is 7.48. The van der Waals surface area contributed by atoms with Gasteiger partial charge in [0.2, 0.25) is 0 Å². The summed E-state index contributed by atoms with van der Waals surface area (Å²) in [6.45, 7) is 0. The smallest absolute Gasteiger partial charge is 0.00237 e. The predicted molar refractivity (Wildman–Crippen MR) is 66.3 cm³/mol. The second-order valence-electron chi connectivity index (χ2n) is 4.98. The lowest BCUT2D eigenvalue weighted by Crippen LogP contribution is -2.20. The van der Waals surface area contributed by atoms with E-state index < -0.39 is 0 Å². The van der Waals surface area contributed by atoms with Crippen molar-refractivity contribution >= 4 is 22.6 Å². The molecular weight excluding hydrogens is 271 g/mol. The Balaban J connectivity index is 1.77. The summed E-state index contributed by atoms with van der Waals surface area (Å²) in [5.74, 6) is 3.33. The molecule has 0 radical (unpaired) electrons. The number of alkyl halides is 1. The number of hydrogen-bond donors (Lipinski definition) is 0. The van der Waals surface area contributed by atoms with E-state index in [0.29, 0.717) is 0 Å². The molecule has 0 amide bonds. The van der Waals surface area contributed by atoms with Crippen LogP contribution in [0, 0.1) is 17.8 Å². The summed E-state index contributed by atoms with van der Waals surface area (Å²) in [5.41, 5.74) is 0. The van der Waals surface area contributed by atoms with E-state index in [1.807, 2.05) is 0 Å².